The fourth-order valence-corrected chi connectivity index (χ4v) is 3.72. The molecule has 0 bridgehead atoms. The predicted molar refractivity (Wildman–Crippen MR) is 111 cm³/mol. The largest absolute Gasteiger partial charge is 0.314 e. The third-order valence-corrected chi connectivity index (χ3v) is 5.38. The minimum atomic E-state index is 1.10. The smallest absolute Gasteiger partial charge is 0.0108 e. The highest BCUT2D eigenvalue weighted by atomic mass is 15.2. The Kier molecular flexibility index (Phi) is 12.5. The van der Waals surface area contributed by atoms with E-state index in [1.807, 2.05) is 0 Å². The van der Waals surface area contributed by atoms with Gasteiger partial charge in [0.05, 0.1) is 0 Å². The Balaban J connectivity index is 1.43. The number of hydrogen-bond acceptors (Lipinski definition) is 7. The number of hydrogen-bond donors (Lipinski definition) is 4. The van der Waals surface area contributed by atoms with E-state index in [0.717, 1.165) is 65.4 Å². The average Bonchev–Trinajstić information content (AvgIpc) is 2.69. The quantitative estimate of drug-likeness (QED) is 0.284. The first-order valence-electron chi connectivity index (χ1n) is 10.9. The van der Waals surface area contributed by atoms with Crippen LogP contribution in [0.4, 0.5) is 0 Å². The van der Waals surface area contributed by atoms with Crippen LogP contribution in [0.25, 0.3) is 0 Å². The van der Waals surface area contributed by atoms with Gasteiger partial charge in [-0.2, -0.15) is 0 Å². The van der Waals surface area contributed by atoms with Crippen molar-refractivity contribution in [1.29, 1.82) is 0 Å². The van der Waals surface area contributed by atoms with Crippen molar-refractivity contribution in [2.24, 2.45) is 0 Å². The zero-order chi connectivity index (χ0) is 18.3. The molecule has 2 rings (SSSR count). The van der Waals surface area contributed by atoms with Crippen molar-refractivity contribution in [3.63, 3.8) is 0 Å². The maximum Gasteiger partial charge on any atom is 0.0108 e. The second-order valence-electron chi connectivity index (χ2n) is 7.52. The lowest BCUT2D eigenvalue weighted by Gasteiger charge is -2.28. The van der Waals surface area contributed by atoms with Crippen LogP contribution >= 0.6 is 0 Å². The van der Waals surface area contributed by atoms with Crippen molar-refractivity contribution in [3.05, 3.63) is 0 Å². The standard InChI is InChI=1S/C19H43N7/c1-2-11-24(12-3-20-5-14-25-16-7-22-8-17-25)13-4-21-6-15-26-18-9-23-10-19-26/h20-23H,2-19H2,1H3. The van der Waals surface area contributed by atoms with E-state index in [0.29, 0.717) is 0 Å². The van der Waals surface area contributed by atoms with Gasteiger partial charge >= 0.3 is 0 Å². The summed E-state index contributed by atoms with van der Waals surface area (Å²) in [6.07, 6.45) is 1.24. The Morgan fingerprint density at radius 1 is 0.692 bits per heavy atom. The third kappa shape index (κ3) is 10.2. The van der Waals surface area contributed by atoms with Gasteiger partial charge in [0.2, 0.25) is 0 Å². The topological polar surface area (TPSA) is 57.8 Å². The molecule has 7 nitrogen and oxygen atoms in total. The summed E-state index contributed by atoms with van der Waals surface area (Å²) < 4.78 is 0. The Morgan fingerprint density at radius 3 is 1.58 bits per heavy atom. The molecule has 2 fully saturated rings. The minimum Gasteiger partial charge on any atom is -0.314 e. The van der Waals surface area contributed by atoms with Crippen LogP contribution in [0.15, 0.2) is 0 Å². The summed E-state index contributed by atoms with van der Waals surface area (Å²) in [4.78, 5) is 7.70. The molecule has 2 saturated heterocycles. The number of nitrogens with zero attached hydrogens (tertiary/aromatic N) is 3. The number of piperazine rings is 2. The molecule has 0 aromatic rings. The molecule has 0 aromatic carbocycles. The minimum absolute atomic E-state index is 1.10. The molecule has 2 aliphatic rings. The van der Waals surface area contributed by atoms with Crippen LogP contribution in [0.3, 0.4) is 0 Å². The van der Waals surface area contributed by atoms with Crippen LogP contribution < -0.4 is 21.3 Å². The monoisotopic (exact) mass is 369 g/mol. The van der Waals surface area contributed by atoms with E-state index in [-0.39, 0.29) is 0 Å². The van der Waals surface area contributed by atoms with Gasteiger partial charge in [-0.15, -0.1) is 0 Å². The van der Waals surface area contributed by atoms with Crippen LogP contribution in [0.1, 0.15) is 13.3 Å². The molecule has 2 heterocycles. The molecule has 154 valence electrons. The zero-order valence-corrected chi connectivity index (χ0v) is 17.1. The predicted octanol–water partition coefficient (Wildman–Crippen LogP) is -1.31. The lowest BCUT2D eigenvalue weighted by Crippen LogP contribution is -2.46. The van der Waals surface area contributed by atoms with Crippen LogP contribution in [0.5, 0.6) is 0 Å². The Hall–Kier alpha value is -0.280. The van der Waals surface area contributed by atoms with Gasteiger partial charge in [-0.25, -0.2) is 0 Å². The summed E-state index contributed by atoms with van der Waals surface area (Å²) in [5, 5.41) is 14.1. The van der Waals surface area contributed by atoms with Crippen LogP contribution in [0.2, 0.25) is 0 Å². The van der Waals surface area contributed by atoms with E-state index < -0.39 is 0 Å². The molecule has 7 heteroatoms. The van der Waals surface area contributed by atoms with Gasteiger partial charge in [0.1, 0.15) is 0 Å². The van der Waals surface area contributed by atoms with Crippen molar-refractivity contribution in [3.8, 4) is 0 Å². The molecule has 0 saturated carbocycles. The van der Waals surface area contributed by atoms with Crippen molar-refractivity contribution in [2.45, 2.75) is 13.3 Å². The maximum absolute atomic E-state index is 3.63. The highest BCUT2D eigenvalue weighted by Crippen LogP contribution is 1.93. The lowest BCUT2D eigenvalue weighted by atomic mass is 10.3. The number of nitrogens with one attached hydrogen (secondary N) is 4. The molecule has 0 spiro atoms. The molecular formula is C19H43N7. The van der Waals surface area contributed by atoms with Crippen molar-refractivity contribution in [1.82, 2.24) is 36.0 Å². The third-order valence-electron chi connectivity index (χ3n) is 5.38. The Morgan fingerprint density at radius 2 is 1.15 bits per heavy atom. The van der Waals surface area contributed by atoms with E-state index in [4.69, 9.17) is 0 Å². The average molecular weight is 370 g/mol. The summed E-state index contributed by atoms with van der Waals surface area (Å²) in [7, 11) is 0. The SMILES string of the molecule is CCCN(CCNCCN1CCNCC1)CCNCCN1CCNCC1. The molecule has 0 atom stereocenters. The van der Waals surface area contributed by atoms with Gasteiger partial charge in [-0.05, 0) is 13.0 Å². The molecular weight excluding hydrogens is 326 g/mol. The molecule has 0 aromatic heterocycles. The normalized spacial score (nSPS) is 20.1. The van der Waals surface area contributed by atoms with Crippen LogP contribution in [-0.4, -0.2) is 126 Å². The van der Waals surface area contributed by atoms with E-state index in [1.54, 1.807) is 0 Å². The van der Waals surface area contributed by atoms with Gasteiger partial charge in [-0.3, -0.25) is 9.80 Å². The number of rotatable bonds is 14. The van der Waals surface area contributed by atoms with Crippen LogP contribution in [-0.2, 0) is 0 Å². The van der Waals surface area contributed by atoms with Gasteiger partial charge in [0, 0.05) is 105 Å². The van der Waals surface area contributed by atoms with Gasteiger partial charge < -0.3 is 26.2 Å². The molecule has 0 radical (unpaired) electrons. The van der Waals surface area contributed by atoms with Crippen molar-refractivity contribution < 1.29 is 0 Å². The fourth-order valence-electron chi connectivity index (χ4n) is 3.72. The summed E-state index contributed by atoms with van der Waals surface area (Å²) in [5.41, 5.74) is 0. The van der Waals surface area contributed by atoms with E-state index in [9.17, 15) is 0 Å². The molecule has 4 N–H and O–H groups in total. The first kappa shape index (κ1) is 22.0. The van der Waals surface area contributed by atoms with Crippen molar-refractivity contribution >= 4 is 0 Å². The Bertz CT molecular complexity index is 289. The van der Waals surface area contributed by atoms with Gasteiger partial charge in [0.25, 0.3) is 0 Å². The molecule has 0 amide bonds. The van der Waals surface area contributed by atoms with Crippen molar-refractivity contribution in [2.75, 3.05) is 111 Å². The first-order chi connectivity index (χ1) is 12.9. The maximum atomic E-state index is 3.63. The highest BCUT2D eigenvalue weighted by molar-refractivity contribution is 4.70. The molecule has 0 aliphatic carbocycles. The summed E-state index contributed by atoms with van der Waals surface area (Å²) >= 11 is 0. The lowest BCUT2D eigenvalue weighted by molar-refractivity contribution is 0.231. The van der Waals surface area contributed by atoms with Gasteiger partial charge in [-0.1, -0.05) is 6.92 Å². The molecule has 0 unspecified atom stereocenters. The molecule has 26 heavy (non-hydrogen) atoms. The van der Waals surface area contributed by atoms with E-state index >= 15 is 0 Å². The van der Waals surface area contributed by atoms with E-state index in [2.05, 4.69) is 42.9 Å². The second-order valence-corrected chi connectivity index (χ2v) is 7.52. The summed E-state index contributed by atoms with van der Waals surface area (Å²) in [5.74, 6) is 0. The Labute approximate surface area is 161 Å². The van der Waals surface area contributed by atoms with Gasteiger partial charge in [0.15, 0.2) is 0 Å². The first-order valence-corrected chi connectivity index (χ1v) is 10.9. The summed E-state index contributed by atoms with van der Waals surface area (Å²) in [6.45, 7) is 22.0. The summed E-state index contributed by atoms with van der Waals surface area (Å²) in [6, 6.07) is 0. The zero-order valence-electron chi connectivity index (χ0n) is 17.1. The molecule has 2 aliphatic heterocycles. The fraction of sp³-hybridized carbons (Fsp3) is 1.00. The highest BCUT2D eigenvalue weighted by Gasteiger charge is 2.09. The van der Waals surface area contributed by atoms with Crippen LogP contribution in [0, 0.1) is 0 Å². The van der Waals surface area contributed by atoms with E-state index in [1.165, 1.54) is 52.2 Å². The second kappa shape index (κ2) is 14.7.